The third kappa shape index (κ3) is 6.55. The molecule has 8 aromatic rings. The van der Waals surface area contributed by atoms with Crippen molar-refractivity contribution < 1.29 is 9.90 Å². The van der Waals surface area contributed by atoms with Crippen molar-refractivity contribution in [1.82, 2.24) is 48.6 Å². The van der Waals surface area contributed by atoms with Crippen LogP contribution in [0.4, 0.5) is 23.3 Å². The molecule has 6 aromatic heterocycles. The molecule has 6 heterocycles. The first-order valence-corrected chi connectivity index (χ1v) is 15.8. The van der Waals surface area contributed by atoms with Gasteiger partial charge in [0.05, 0.1) is 23.6 Å². The molecule has 8 rings (SSSR count). The van der Waals surface area contributed by atoms with E-state index in [-0.39, 0.29) is 6.61 Å². The van der Waals surface area contributed by atoms with E-state index in [1.807, 2.05) is 51.6 Å². The van der Waals surface area contributed by atoms with Crippen LogP contribution in [0.1, 0.15) is 27.3 Å². The standard InChI is InChI=1S/C18H18N6O.C18H16N6O/c2*1-12-14(11-25)10-24(22-12)17-5-7-19-18(21-17)20-15-3-4-16-13(9-15)6-8-23(16)2/h3-10,25H,11H2,1-2H3,(H,19,20,21);3-11H,1-2H3,(H,19,20,21). The number of fused-ring (bicyclic) bond motifs is 2. The first-order chi connectivity index (χ1) is 24.3. The van der Waals surface area contributed by atoms with E-state index in [0.29, 0.717) is 34.8 Å². The van der Waals surface area contributed by atoms with Crippen LogP contribution in [0.2, 0.25) is 0 Å². The van der Waals surface area contributed by atoms with E-state index in [4.69, 9.17) is 0 Å². The lowest BCUT2D eigenvalue weighted by Gasteiger charge is -2.07. The monoisotopic (exact) mass is 666 g/mol. The van der Waals surface area contributed by atoms with Crippen molar-refractivity contribution in [1.29, 1.82) is 0 Å². The largest absolute Gasteiger partial charge is 0.392 e. The maximum absolute atomic E-state index is 11.0. The van der Waals surface area contributed by atoms with Gasteiger partial charge in [-0.25, -0.2) is 19.3 Å². The normalized spacial score (nSPS) is 11.1. The number of aliphatic hydroxyl groups excluding tert-OH is 1. The molecule has 0 aliphatic carbocycles. The van der Waals surface area contributed by atoms with Gasteiger partial charge < -0.3 is 24.9 Å². The second-order valence-electron chi connectivity index (χ2n) is 11.7. The Hall–Kier alpha value is -6.67. The summed E-state index contributed by atoms with van der Waals surface area (Å²) >= 11 is 0. The number of aromatic nitrogens is 10. The molecule has 0 aliphatic heterocycles. The smallest absolute Gasteiger partial charge is 0.229 e. The molecule has 0 amide bonds. The Morgan fingerprint density at radius 2 is 1.22 bits per heavy atom. The van der Waals surface area contributed by atoms with Crippen LogP contribution in [0, 0.1) is 13.8 Å². The summed E-state index contributed by atoms with van der Waals surface area (Å²) in [6.45, 7) is 3.60. The van der Waals surface area contributed by atoms with Crippen molar-refractivity contribution >= 4 is 51.4 Å². The number of hydrogen-bond donors (Lipinski definition) is 3. The van der Waals surface area contributed by atoms with E-state index in [0.717, 1.165) is 45.2 Å². The first-order valence-electron chi connectivity index (χ1n) is 15.8. The lowest BCUT2D eigenvalue weighted by Crippen LogP contribution is -2.03. The zero-order valence-electron chi connectivity index (χ0n) is 27.8. The molecule has 2 aromatic carbocycles. The minimum atomic E-state index is -0.0425. The maximum atomic E-state index is 11.0. The molecule has 0 bridgehead atoms. The van der Waals surface area contributed by atoms with Gasteiger partial charge in [0.1, 0.15) is 0 Å². The van der Waals surface area contributed by atoms with Crippen molar-refractivity contribution in [3.05, 3.63) is 120 Å². The van der Waals surface area contributed by atoms with Crippen LogP contribution < -0.4 is 10.6 Å². The molecular weight excluding hydrogens is 632 g/mol. The quantitative estimate of drug-likeness (QED) is 0.171. The number of carbonyl (C=O) groups is 1. The third-order valence-electron chi connectivity index (χ3n) is 8.27. The SMILES string of the molecule is Cc1nn(-c2ccnc(Nc3ccc4c(ccn4C)c3)n2)cc1C=O.Cc1nn(-c2ccnc(Nc3ccc4c(ccn4C)c3)n2)cc1CO. The van der Waals surface area contributed by atoms with Crippen LogP contribution >= 0.6 is 0 Å². The third-order valence-corrected chi connectivity index (χ3v) is 8.27. The van der Waals surface area contributed by atoms with Crippen molar-refractivity contribution in [2.24, 2.45) is 14.1 Å². The highest BCUT2D eigenvalue weighted by Gasteiger charge is 2.10. The average molecular weight is 667 g/mol. The van der Waals surface area contributed by atoms with Gasteiger partial charge in [-0.15, -0.1) is 0 Å². The second-order valence-corrected chi connectivity index (χ2v) is 11.7. The van der Waals surface area contributed by atoms with Gasteiger partial charge in [0.15, 0.2) is 17.9 Å². The summed E-state index contributed by atoms with van der Waals surface area (Å²) in [5, 5.41) is 26.7. The molecule has 0 radical (unpaired) electrons. The molecule has 250 valence electrons. The van der Waals surface area contributed by atoms with Crippen molar-refractivity contribution in [3.8, 4) is 11.6 Å². The number of nitrogens with zero attached hydrogens (tertiary/aromatic N) is 10. The average Bonchev–Trinajstić information content (AvgIpc) is 3.90. The van der Waals surface area contributed by atoms with Crippen LogP contribution in [0.15, 0.2) is 97.8 Å². The number of rotatable bonds is 8. The molecular formula is C36H34N12O2. The maximum Gasteiger partial charge on any atom is 0.229 e. The Morgan fingerprint density at radius 3 is 1.70 bits per heavy atom. The minimum Gasteiger partial charge on any atom is -0.392 e. The summed E-state index contributed by atoms with van der Waals surface area (Å²) in [5.74, 6) is 2.19. The highest BCUT2D eigenvalue weighted by atomic mass is 16.3. The number of hydrogen-bond acceptors (Lipinski definition) is 10. The number of nitrogens with one attached hydrogen (secondary N) is 2. The summed E-state index contributed by atoms with van der Waals surface area (Å²) in [6, 6.07) is 19.9. The molecule has 3 N–H and O–H groups in total. The van der Waals surface area contributed by atoms with Crippen LogP contribution in [0.3, 0.4) is 0 Å². The van der Waals surface area contributed by atoms with E-state index in [9.17, 15) is 9.90 Å². The Bertz CT molecular complexity index is 2470. The van der Waals surface area contributed by atoms with Crippen LogP contribution in [0.25, 0.3) is 33.4 Å². The first kappa shape index (κ1) is 31.9. The van der Waals surface area contributed by atoms with E-state index < -0.39 is 0 Å². The topological polar surface area (TPSA) is 158 Å². The Kier molecular flexibility index (Phi) is 8.58. The number of aliphatic hydroxyl groups is 1. The van der Waals surface area contributed by atoms with Crippen molar-refractivity contribution in [2.75, 3.05) is 10.6 Å². The summed E-state index contributed by atoms with van der Waals surface area (Å²) in [6.07, 6.45) is 11.6. The van der Waals surface area contributed by atoms with E-state index in [1.165, 1.54) is 5.52 Å². The fourth-order valence-corrected chi connectivity index (χ4v) is 5.53. The molecule has 50 heavy (non-hydrogen) atoms. The van der Waals surface area contributed by atoms with Crippen LogP contribution in [-0.4, -0.2) is 60.0 Å². The predicted molar refractivity (Wildman–Crippen MR) is 191 cm³/mol. The summed E-state index contributed by atoms with van der Waals surface area (Å²) in [7, 11) is 4.04. The minimum absolute atomic E-state index is 0.0425. The number of aryl methyl sites for hydroxylation is 4. The summed E-state index contributed by atoms with van der Waals surface area (Å²) < 4.78 is 7.37. The highest BCUT2D eigenvalue weighted by Crippen LogP contribution is 2.23. The predicted octanol–water partition coefficient (Wildman–Crippen LogP) is 5.72. The fourth-order valence-electron chi connectivity index (χ4n) is 5.53. The van der Waals surface area contributed by atoms with Gasteiger partial charge in [-0.2, -0.15) is 20.2 Å². The molecule has 14 nitrogen and oxygen atoms in total. The molecule has 0 saturated carbocycles. The molecule has 14 heteroatoms. The Morgan fingerprint density at radius 1 is 0.700 bits per heavy atom. The molecule has 0 fully saturated rings. The van der Waals surface area contributed by atoms with Crippen LogP contribution in [0.5, 0.6) is 0 Å². The van der Waals surface area contributed by atoms with Crippen molar-refractivity contribution in [3.63, 3.8) is 0 Å². The van der Waals surface area contributed by atoms with Crippen LogP contribution in [-0.2, 0) is 20.7 Å². The van der Waals surface area contributed by atoms with Gasteiger partial charge >= 0.3 is 0 Å². The molecule has 0 saturated heterocycles. The lowest BCUT2D eigenvalue weighted by molar-refractivity contribution is 0.112. The van der Waals surface area contributed by atoms with E-state index in [2.05, 4.69) is 80.2 Å². The van der Waals surface area contributed by atoms with Gasteiger partial charge in [0.2, 0.25) is 11.9 Å². The fraction of sp³-hybridized carbons (Fsp3) is 0.139. The molecule has 0 aliphatic rings. The van der Waals surface area contributed by atoms with Gasteiger partial charge in [-0.05, 0) is 62.4 Å². The molecule has 0 unspecified atom stereocenters. The lowest BCUT2D eigenvalue weighted by atomic mass is 10.2. The zero-order chi connectivity index (χ0) is 34.8. The summed E-state index contributed by atoms with van der Waals surface area (Å²) in [5.41, 5.74) is 6.93. The van der Waals surface area contributed by atoms with E-state index >= 15 is 0 Å². The Labute approximate surface area is 286 Å². The van der Waals surface area contributed by atoms with Gasteiger partial charge in [0.25, 0.3) is 0 Å². The van der Waals surface area contributed by atoms with Crippen molar-refractivity contribution in [2.45, 2.75) is 20.5 Å². The van der Waals surface area contributed by atoms with E-state index in [1.54, 1.807) is 53.2 Å². The van der Waals surface area contributed by atoms with Gasteiger partial charge in [0, 0.05) is 102 Å². The van der Waals surface area contributed by atoms with Gasteiger partial charge in [-0.1, -0.05) is 0 Å². The molecule has 0 spiro atoms. The van der Waals surface area contributed by atoms with Gasteiger partial charge in [-0.3, -0.25) is 4.79 Å². The number of carbonyl (C=O) groups excluding carboxylic acids is 1. The second kappa shape index (κ2) is 13.4. The molecule has 0 atom stereocenters. The zero-order valence-corrected chi connectivity index (χ0v) is 27.8. The summed E-state index contributed by atoms with van der Waals surface area (Å²) in [4.78, 5) is 28.5. The number of anilines is 4. The number of benzene rings is 2. The highest BCUT2D eigenvalue weighted by molar-refractivity contribution is 5.85. The Balaban J connectivity index is 0.000000157. The number of aldehydes is 1.